The van der Waals surface area contributed by atoms with Gasteiger partial charge in [-0.3, -0.25) is 0 Å². The highest BCUT2D eigenvalue weighted by molar-refractivity contribution is 5.56. The number of hydrogen-bond donors (Lipinski definition) is 1. The molecule has 114 valence electrons. The van der Waals surface area contributed by atoms with Crippen molar-refractivity contribution in [3.05, 3.63) is 29.3 Å². The lowest BCUT2D eigenvalue weighted by Crippen LogP contribution is -2.30. The van der Waals surface area contributed by atoms with Gasteiger partial charge >= 0.3 is 6.18 Å². The number of benzene rings is 1. The number of nitrogens with zero attached hydrogens (tertiary/aromatic N) is 1. The summed E-state index contributed by atoms with van der Waals surface area (Å²) in [6.45, 7) is 4.41. The first-order valence-corrected chi connectivity index (χ1v) is 6.88. The molecule has 0 saturated heterocycles. The van der Waals surface area contributed by atoms with E-state index in [-0.39, 0.29) is 11.7 Å². The molecule has 1 unspecified atom stereocenters. The molecule has 1 N–H and O–H groups in total. The first-order chi connectivity index (χ1) is 9.31. The minimum atomic E-state index is -4.33. The molecule has 5 heteroatoms. The Morgan fingerprint density at radius 3 is 2.45 bits per heavy atom. The van der Waals surface area contributed by atoms with E-state index in [0.29, 0.717) is 12.1 Å². The predicted octanol–water partition coefficient (Wildman–Crippen LogP) is 4.05. The third-order valence-electron chi connectivity index (χ3n) is 3.49. The van der Waals surface area contributed by atoms with Gasteiger partial charge in [-0.1, -0.05) is 19.4 Å². The molecule has 0 aliphatic rings. The highest BCUT2D eigenvalue weighted by atomic mass is 19.4. The van der Waals surface area contributed by atoms with Crippen molar-refractivity contribution in [2.24, 2.45) is 0 Å². The van der Waals surface area contributed by atoms with E-state index in [1.54, 1.807) is 31.1 Å². The number of rotatable bonds is 6. The summed E-state index contributed by atoms with van der Waals surface area (Å²) in [7, 11) is 3.44. The monoisotopic (exact) mass is 288 g/mol. The van der Waals surface area contributed by atoms with Crippen molar-refractivity contribution in [1.82, 2.24) is 5.32 Å². The summed E-state index contributed by atoms with van der Waals surface area (Å²) in [4.78, 5) is 1.72. The van der Waals surface area contributed by atoms with Gasteiger partial charge in [-0.05, 0) is 38.1 Å². The normalized spacial score (nSPS) is 13.3. The molecule has 0 aliphatic heterocycles. The second-order valence-electron chi connectivity index (χ2n) is 5.13. The van der Waals surface area contributed by atoms with Crippen LogP contribution in [0.2, 0.25) is 0 Å². The Morgan fingerprint density at radius 1 is 1.30 bits per heavy atom. The van der Waals surface area contributed by atoms with Crippen LogP contribution in [0.15, 0.2) is 18.2 Å². The fourth-order valence-electron chi connectivity index (χ4n) is 2.28. The molecule has 0 heterocycles. The average Bonchev–Trinajstić information content (AvgIpc) is 2.37. The minimum Gasteiger partial charge on any atom is -0.371 e. The average molecular weight is 288 g/mol. The van der Waals surface area contributed by atoms with Crippen molar-refractivity contribution in [3.8, 4) is 0 Å². The van der Waals surface area contributed by atoms with Crippen LogP contribution in [0.3, 0.4) is 0 Å². The zero-order chi connectivity index (χ0) is 15.3. The zero-order valence-corrected chi connectivity index (χ0v) is 12.5. The summed E-state index contributed by atoms with van der Waals surface area (Å²) in [6.07, 6.45) is -2.52. The number of anilines is 1. The van der Waals surface area contributed by atoms with Crippen LogP contribution in [0, 0.1) is 0 Å². The predicted molar refractivity (Wildman–Crippen MR) is 77.0 cm³/mol. The first-order valence-electron chi connectivity index (χ1n) is 6.88. The maximum Gasteiger partial charge on any atom is 0.418 e. The topological polar surface area (TPSA) is 15.3 Å². The quantitative estimate of drug-likeness (QED) is 0.849. The third-order valence-corrected chi connectivity index (χ3v) is 3.49. The van der Waals surface area contributed by atoms with Crippen LogP contribution in [-0.2, 0) is 12.7 Å². The molecule has 1 aromatic rings. The highest BCUT2D eigenvalue weighted by Gasteiger charge is 2.35. The Balaban J connectivity index is 3.18. The lowest BCUT2D eigenvalue weighted by Gasteiger charge is -2.29. The van der Waals surface area contributed by atoms with E-state index >= 15 is 0 Å². The van der Waals surface area contributed by atoms with Crippen LogP contribution in [0.25, 0.3) is 0 Å². The number of halogens is 3. The van der Waals surface area contributed by atoms with Crippen molar-refractivity contribution in [3.63, 3.8) is 0 Å². The molecule has 0 aromatic heterocycles. The van der Waals surface area contributed by atoms with E-state index in [9.17, 15) is 13.2 Å². The minimum absolute atomic E-state index is 0.0799. The molecule has 0 bridgehead atoms. The molecule has 0 saturated carbocycles. The largest absolute Gasteiger partial charge is 0.418 e. The summed E-state index contributed by atoms with van der Waals surface area (Å²) < 4.78 is 39.7. The van der Waals surface area contributed by atoms with Gasteiger partial charge in [0.2, 0.25) is 0 Å². The molecule has 1 atom stereocenters. The van der Waals surface area contributed by atoms with Gasteiger partial charge in [0, 0.05) is 25.3 Å². The molecule has 2 nitrogen and oxygen atoms in total. The maximum atomic E-state index is 13.2. The molecule has 0 spiro atoms. The number of hydrogen-bond acceptors (Lipinski definition) is 2. The lowest BCUT2D eigenvalue weighted by atomic mass is 10.0. The van der Waals surface area contributed by atoms with E-state index in [0.717, 1.165) is 12.8 Å². The Bertz CT molecular complexity index is 430. The maximum absolute atomic E-state index is 13.2. The molecule has 20 heavy (non-hydrogen) atoms. The highest BCUT2D eigenvalue weighted by Crippen LogP contribution is 2.37. The van der Waals surface area contributed by atoms with Crippen molar-refractivity contribution < 1.29 is 13.2 Å². The van der Waals surface area contributed by atoms with Gasteiger partial charge in [0.05, 0.1) is 5.56 Å². The Morgan fingerprint density at radius 2 is 1.95 bits per heavy atom. The summed E-state index contributed by atoms with van der Waals surface area (Å²) in [5, 5.41) is 2.87. The molecule has 1 rings (SSSR count). The number of nitrogens with one attached hydrogen (secondary N) is 1. The Labute approximate surface area is 119 Å². The molecular formula is C15H23F3N2. The standard InChI is InChI=1S/C15H23F3N2/c1-5-6-11(2)20(4)14-8-7-12(10-19-3)9-13(14)15(16,17)18/h7-9,11,19H,5-6,10H2,1-4H3. The van der Waals surface area contributed by atoms with E-state index in [2.05, 4.69) is 5.32 Å². The fourth-order valence-corrected chi connectivity index (χ4v) is 2.28. The summed E-state index contributed by atoms with van der Waals surface area (Å²) in [5.74, 6) is 0. The van der Waals surface area contributed by atoms with Crippen LogP contribution >= 0.6 is 0 Å². The van der Waals surface area contributed by atoms with Gasteiger partial charge in [-0.25, -0.2) is 0 Å². The molecule has 0 radical (unpaired) electrons. The smallest absolute Gasteiger partial charge is 0.371 e. The first kappa shape index (κ1) is 16.8. The third kappa shape index (κ3) is 4.13. The Kier molecular flexibility index (Phi) is 5.87. The van der Waals surface area contributed by atoms with Crippen molar-refractivity contribution >= 4 is 5.69 Å². The van der Waals surface area contributed by atoms with Crippen molar-refractivity contribution in [1.29, 1.82) is 0 Å². The van der Waals surface area contributed by atoms with Crippen molar-refractivity contribution in [2.45, 2.75) is 45.5 Å². The van der Waals surface area contributed by atoms with Crippen LogP contribution in [0.1, 0.15) is 37.8 Å². The molecule has 0 aliphatic carbocycles. The lowest BCUT2D eigenvalue weighted by molar-refractivity contribution is -0.137. The summed E-state index contributed by atoms with van der Waals surface area (Å²) >= 11 is 0. The Hall–Kier alpha value is -1.23. The molecule has 0 amide bonds. The number of alkyl halides is 3. The van der Waals surface area contributed by atoms with Gasteiger partial charge in [0.15, 0.2) is 0 Å². The van der Waals surface area contributed by atoms with Crippen LogP contribution in [0.5, 0.6) is 0 Å². The van der Waals surface area contributed by atoms with E-state index < -0.39 is 11.7 Å². The SMILES string of the molecule is CCCC(C)N(C)c1ccc(CNC)cc1C(F)(F)F. The van der Waals surface area contributed by atoms with Gasteiger partial charge in [0.1, 0.15) is 0 Å². The van der Waals surface area contributed by atoms with Gasteiger partial charge in [-0.15, -0.1) is 0 Å². The van der Waals surface area contributed by atoms with Gasteiger partial charge in [-0.2, -0.15) is 13.2 Å². The van der Waals surface area contributed by atoms with E-state index in [4.69, 9.17) is 0 Å². The van der Waals surface area contributed by atoms with Gasteiger partial charge < -0.3 is 10.2 Å². The molecular weight excluding hydrogens is 265 g/mol. The second-order valence-corrected chi connectivity index (χ2v) is 5.13. The molecule has 0 fully saturated rings. The summed E-state index contributed by atoms with van der Waals surface area (Å²) in [6, 6.07) is 4.63. The second kappa shape index (κ2) is 6.97. The van der Waals surface area contributed by atoms with Gasteiger partial charge in [0.25, 0.3) is 0 Å². The van der Waals surface area contributed by atoms with Crippen LogP contribution in [0.4, 0.5) is 18.9 Å². The zero-order valence-electron chi connectivity index (χ0n) is 12.5. The van der Waals surface area contributed by atoms with Crippen LogP contribution in [-0.4, -0.2) is 20.1 Å². The van der Waals surface area contributed by atoms with Crippen molar-refractivity contribution in [2.75, 3.05) is 19.0 Å². The van der Waals surface area contributed by atoms with E-state index in [1.807, 2.05) is 13.8 Å². The summed E-state index contributed by atoms with van der Waals surface area (Å²) in [5.41, 5.74) is 0.328. The molecule has 1 aromatic carbocycles. The van der Waals surface area contributed by atoms with Crippen LogP contribution < -0.4 is 10.2 Å². The fraction of sp³-hybridized carbons (Fsp3) is 0.600. The van der Waals surface area contributed by atoms with E-state index in [1.165, 1.54) is 6.07 Å².